The molecule has 0 amide bonds. The van der Waals surface area contributed by atoms with Crippen LogP contribution in [0.5, 0.6) is 0 Å². The zero-order chi connectivity index (χ0) is 11.7. The van der Waals surface area contributed by atoms with Gasteiger partial charge in [-0.25, -0.2) is 9.97 Å². The lowest BCUT2D eigenvalue weighted by Crippen LogP contribution is -1.91. The summed E-state index contributed by atoms with van der Waals surface area (Å²) in [4.78, 5) is 8.78. The van der Waals surface area contributed by atoms with Crippen LogP contribution in [0, 0.1) is 13.0 Å². The minimum Gasteiger partial charge on any atom is -0.237 e. The van der Waals surface area contributed by atoms with Crippen LogP contribution in [0.1, 0.15) is 5.69 Å². The molecular formula is C15H11N2. The molecule has 3 aromatic rings. The van der Waals surface area contributed by atoms with Gasteiger partial charge in [0.05, 0.1) is 0 Å². The fourth-order valence-corrected chi connectivity index (χ4v) is 1.93. The van der Waals surface area contributed by atoms with E-state index in [9.17, 15) is 0 Å². The molecule has 1 radical (unpaired) electrons. The Hall–Kier alpha value is -2.22. The van der Waals surface area contributed by atoms with Crippen LogP contribution in [-0.2, 0) is 0 Å². The summed E-state index contributed by atoms with van der Waals surface area (Å²) < 4.78 is 0. The molecule has 0 atom stereocenters. The Kier molecular flexibility index (Phi) is 2.33. The first kappa shape index (κ1) is 9.97. The predicted octanol–water partition coefficient (Wildman–Crippen LogP) is 3.41. The third kappa shape index (κ3) is 1.78. The van der Waals surface area contributed by atoms with Crippen LogP contribution in [0.4, 0.5) is 0 Å². The Balaban J connectivity index is 2.27. The highest BCUT2D eigenvalue weighted by Gasteiger charge is 2.05. The monoisotopic (exact) mass is 219 g/mol. The fourth-order valence-electron chi connectivity index (χ4n) is 1.93. The largest absolute Gasteiger partial charge is 0.237 e. The predicted molar refractivity (Wildman–Crippen MR) is 68.5 cm³/mol. The highest BCUT2D eigenvalue weighted by Crippen LogP contribution is 2.24. The van der Waals surface area contributed by atoms with Crippen LogP contribution in [0.3, 0.4) is 0 Å². The summed E-state index contributed by atoms with van der Waals surface area (Å²) in [5, 5.41) is 1.06. The summed E-state index contributed by atoms with van der Waals surface area (Å²) in [6.45, 7) is 2.00. The lowest BCUT2D eigenvalue weighted by molar-refractivity contribution is 1.20. The third-order valence-corrected chi connectivity index (χ3v) is 2.78. The number of hydrogen-bond donors (Lipinski definition) is 0. The van der Waals surface area contributed by atoms with E-state index in [-0.39, 0.29) is 0 Å². The summed E-state index contributed by atoms with van der Waals surface area (Å²) in [6, 6.07) is 17.3. The van der Waals surface area contributed by atoms with E-state index in [2.05, 4.69) is 22.1 Å². The van der Waals surface area contributed by atoms with Gasteiger partial charge >= 0.3 is 0 Å². The number of rotatable bonds is 1. The third-order valence-electron chi connectivity index (χ3n) is 2.78. The molecule has 1 aromatic carbocycles. The zero-order valence-corrected chi connectivity index (χ0v) is 9.51. The summed E-state index contributed by atoms with van der Waals surface area (Å²) >= 11 is 0. The van der Waals surface area contributed by atoms with Gasteiger partial charge in [0, 0.05) is 22.8 Å². The van der Waals surface area contributed by atoms with Crippen LogP contribution < -0.4 is 0 Å². The van der Waals surface area contributed by atoms with Gasteiger partial charge in [0.2, 0.25) is 0 Å². The van der Waals surface area contributed by atoms with Crippen molar-refractivity contribution in [1.29, 1.82) is 0 Å². The molecule has 17 heavy (non-hydrogen) atoms. The molecule has 0 saturated carbocycles. The Morgan fingerprint density at radius 1 is 1.12 bits per heavy atom. The molecule has 81 valence electrons. The first-order valence-electron chi connectivity index (χ1n) is 5.54. The number of pyridine rings is 2. The SMILES string of the molecule is Cc1nc2ncccc2cc1-c1[c]cccc1. The molecule has 0 saturated heterocycles. The van der Waals surface area contributed by atoms with E-state index in [4.69, 9.17) is 0 Å². The van der Waals surface area contributed by atoms with E-state index >= 15 is 0 Å². The van der Waals surface area contributed by atoms with E-state index in [1.807, 2.05) is 43.3 Å². The summed E-state index contributed by atoms with van der Waals surface area (Å²) in [5.41, 5.74) is 3.97. The molecule has 3 rings (SSSR count). The van der Waals surface area contributed by atoms with E-state index in [1.54, 1.807) is 6.20 Å². The van der Waals surface area contributed by atoms with Gasteiger partial charge in [0.25, 0.3) is 0 Å². The van der Waals surface area contributed by atoms with Gasteiger partial charge in [0.15, 0.2) is 5.65 Å². The Morgan fingerprint density at radius 3 is 2.88 bits per heavy atom. The highest BCUT2D eigenvalue weighted by molar-refractivity contribution is 5.82. The average molecular weight is 219 g/mol. The molecule has 0 fully saturated rings. The van der Waals surface area contributed by atoms with E-state index in [0.717, 1.165) is 27.9 Å². The first-order chi connectivity index (χ1) is 8.34. The number of aromatic nitrogens is 2. The molecule has 0 aliphatic rings. The van der Waals surface area contributed by atoms with Crippen molar-refractivity contribution in [2.24, 2.45) is 0 Å². The second-order valence-corrected chi connectivity index (χ2v) is 3.95. The van der Waals surface area contributed by atoms with Crippen molar-refractivity contribution in [2.45, 2.75) is 6.92 Å². The number of benzene rings is 1. The minimum atomic E-state index is 0.796. The van der Waals surface area contributed by atoms with Crippen LogP contribution in [0.15, 0.2) is 48.7 Å². The van der Waals surface area contributed by atoms with E-state index in [1.165, 1.54) is 0 Å². The van der Waals surface area contributed by atoms with Crippen LogP contribution in [0.25, 0.3) is 22.2 Å². The quantitative estimate of drug-likeness (QED) is 0.626. The average Bonchev–Trinajstić information content (AvgIpc) is 2.39. The van der Waals surface area contributed by atoms with E-state index in [0.29, 0.717) is 0 Å². The Labute approximate surface area is 100.0 Å². The summed E-state index contributed by atoms with van der Waals surface area (Å²) in [5.74, 6) is 0. The first-order valence-corrected chi connectivity index (χ1v) is 5.54. The van der Waals surface area contributed by atoms with Gasteiger partial charge in [-0.1, -0.05) is 24.3 Å². The zero-order valence-electron chi connectivity index (χ0n) is 9.51. The standard InChI is InChI=1S/C15H11N2/c1-11-14(12-6-3-2-4-7-12)10-13-8-5-9-16-15(13)17-11/h2-6,8-10H,1H3. The molecule has 2 heterocycles. The molecular weight excluding hydrogens is 208 g/mol. The fraction of sp³-hybridized carbons (Fsp3) is 0.0667. The Bertz CT molecular complexity index is 660. The van der Waals surface area contributed by atoms with Crippen molar-refractivity contribution in [3.05, 3.63) is 60.4 Å². The van der Waals surface area contributed by atoms with Crippen molar-refractivity contribution in [3.63, 3.8) is 0 Å². The summed E-state index contributed by atoms with van der Waals surface area (Å²) in [6.07, 6.45) is 1.77. The van der Waals surface area contributed by atoms with Crippen molar-refractivity contribution in [3.8, 4) is 11.1 Å². The lowest BCUT2D eigenvalue weighted by Gasteiger charge is -2.06. The van der Waals surface area contributed by atoms with Crippen molar-refractivity contribution in [2.75, 3.05) is 0 Å². The number of hydrogen-bond acceptors (Lipinski definition) is 2. The Morgan fingerprint density at radius 2 is 2.06 bits per heavy atom. The van der Waals surface area contributed by atoms with Gasteiger partial charge in [0.1, 0.15) is 0 Å². The second-order valence-electron chi connectivity index (χ2n) is 3.95. The van der Waals surface area contributed by atoms with Gasteiger partial charge in [-0.2, -0.15) is 0 Å². The van der Waals surface area contributed by atoms with Crippen LogP contribution in [0.2, 0.25) is 0 Å². The highest BCUT2D eigenvalue weighted by atomic mass is 14.8. The molecule has 0 N–H and O–H groups in total. The topological polar surface area (TPSA) is 25.8 Å². The molecule has 2 heteroatoms. The maximum atomic E-state index is 4.52. The molecule has 2 aromatic heterocycles. The normalized spacial score (nSPS) is 10.6. The smallest absolute Gasteiger partial charge is 0.159 e. The molecule has 0 unspecified atom stereocenters. The number of nitrogens with zero attached hydrogens (tertiary/aromatic N) is 2. The van der Waals surface area contributed by atoms with Crippen LogP contribution in [-0.4, -0.2) is 9.97 Å². The van der Waals surface area contributed by atoms with E-state index < -0.39 is 0 Å². The van der Waals surface area contributed by atoms with Crippen molar-refractivity contribution in [1.82, 2.24) is 9.97 Å². The van der Waals surface area contributed by atoms with Crippen molar-refractivity contribution >= 4 is 11.0 Å². The number of fused-ring (bicyclic) bond motifs is 1. The van der Waals surface area contributed by atoms with Gasteiger partial charge in [-0.05, 0) is 36.8 Å². The van der Waals surface area contributed by atoms with Crippen molar-refractivity contribution < 1.29 is 0 Å². The molecule has 2 nitrogen and oxygen atoms in total. The molecule has 0 aliphatic carbocycles. The lowest BCUT2D eigenvalue weighted by atomic mass is 10.0. The van der Waals surface area contributed by atoms with Gasteiger partial charge in [-0.15, -0.1) is 0 Å². The second kappa shape index (κ2) is 3.98. The van der Waals surface area contributed by atoms with Gasteiger partial charge in [-0.3, -0.25) is 0 Å². The van der Waals surface area contributed by atoms with Crippen LogP contribution >= 0.6 is 0 Å². The molecule has 0 aliphatic heterocycles. The minimum absolute atomic E-state index is 0.796. The maximum Gasteiger partial charge on any atom is 0.159 e. The maximum absolute atomic E-state index is 4.52. The van der Waals surface area contributed by atoms with Gasteiger partial charge < -0.3 is 0 Å². The number of aryl methyl sites for hydroxylation is 1. The molecule has 0 bridgehead atoms. The summed E-state index contributed by atoms with van der Waals surface area (Å²) in [7, 11) is 0. The molecule has 0 spiro atoms.